The van der Waals surface area contributed by atoms with Crippen LogP contribution in [0, 0.1) is 0 Å². The molecule has 0 radical (unpaired) electrons. The van der Waals surface area contributed by atoms with Gasteiger partial charge in [0.05, 0.1) is 10.6 Å². The molecule has 0 spiro atoms. The van der Waals surface area contributed by atoms with Crippen LogP contribution in [-0.4, -0.2) is 36.8 Å². The maximum Gasteiger partial charge on any atom is 0.277 e. The summed E-state index contributed by atoms with van der Waals surface area (Å²) in [4.78, 5) is 11.9. The summed E-state index contributed by atoms with van der Waals surface area (Å²) in [5, 5.41) is 16.1. The molecule has 3 N–H and O–H groups in total. The lowest BCUT2D eigenvalue weighted by molar-refractivity contribution is -0.118. The molecule has 10 heteroatoms. The van der Waals surface area contributed by atoms with E-state index in [-0.39, 0.29) is 16.6 Å². The summed E-state index contributed by atoms with van der Waals surface area (Å²) in [5.41, 5.74) is 0.909. The molecule has 1 aromatic heterocycles. The highest BCUT2D eigenvalue weighted by atomic mass is 32.2. The van der Waals surface area contributed by atoms with Crippen molar-refractivity contribution in [2.24, 2.45) is 5.14 Å². The Morgan fingerprint density at radius 2 is 2.00 bits per heavy atom. The van der Waals surface area contributed by atoms with E-state index in [2.05, 4.69) is 15.5 Å². The summed E-state index contributed by atoms with van der Waals surface area (Å²) in [5.74, 6) is 1.14. The highest BCUT2D eigenvalue weighted by Gasteiger charge is 2.29. The SMILES string of the molecule is NS(=O)(=O)c1ccc(CCNC(=O)CSc2nnc(C3CC3)o2)cc1. The van der Waals surface area contributed by atoms with Crippen LogP contribution in [0.1, 0.15) is 30.2 Å². The number of sulfonamides is 1. The molecule has 134 valence electrons. The fourth-order valence-electron chi connectivity index (χ4n) is 2.14. The molecule has 3 rings (SSSR count). The molecule has 0 unspecified atom stereocenters. The zero-order chi connectivity index (χ0) is 17.9. The van der Waals surface area contributed by atoms with Crippen molar-refractivity contribution >= 4 is 27.7 Å². The first-order chi connectivity index (χ1) is 11.9. The number of aromatic nitrogens is 2. The topological polar surface area (TPSA) is 128 Å². The van der Waals surface area contributed by atoms with Gasteiger partial charge in [-0.25, -0.2) is 13.6 Å². The summed E-state index contributed by atoms with van der Waals surface area (Å²) in [6, 6.07) is 6.27. The molecule has 0 saturated heterocycles. The Morgan fingerprint density at radius 3 is 2.64 bits per heavy atom. The second-order valence-electron chi connectivity index (χ2n) is 5.76. The molecule has 0 bridgehead atoms. The molecule has 1 aliphatic carbocycles. The predicted octanol–water partition coefficient (Wildman–Crippen LogP) is 1.05. The number of carbonyl (C=O) groups is 1. The number of nitrogens with two attached hydrogens (primary N) is 1. The molecule has 2 aromatic rings. The Bertz CT molecular complexity index is 845. The normalized spacial score (nSPS) is 14.4. The smallest absolute Gasteiger partial charge is 0.277 e. The van der Waals surface area contributed by atoms with Gasteiger partial charge in [-0.15, -0.1) is 10.2 Å². The van der Waals surface area contributed by atoms with Crippen LogP contribution in [-0.2, 0) is 21.2 Å². The fourth-order valence-corrected chi connectivity index (χ4v) is 3.26. The first-order valence-electron chi connectivity index (χ1n) is 7.76. The van der Waals surface area contributed by atoms with E-state index in [1.165, 1.54) is 23.9 Å². The van der Waals surface area contributed by atoms with Gasteiger partial charge in [0.25, 0.3) is 5.22 Å². The van der Waals surface area contributed by atoms with E-state index in [0.717, 1.165) is 18.4 Å². The summed E-state index contributed by atoms with van der Waals surface area (Å²) in [6.45, 7) is 0.450. The van der Waals surface area contributed by atoms with Crippen molar-refractivity contribution < 1.29 is 17.6 Å². The molecule has 25 heavy (non-hydrogen) atoms. The van der Waals surface area contributed by atoms with Gasteiger partial charge in [-0.2, -0.15) is 0 Å². The van der Waals surface area contributed by atoms with Gasteiger partial charge in [0.15, 0.2) is 0 Å². The number of amides is 1. The Balaban J connectivity index is 1.38. The molecule has 1 heterocycles. The summed E-state index contributed by atoms with van der Waals surface area (Å²) >= 11 is 1.21. The minimum atomic E-state index is -3.68. The molecule has 8 nitrogen and oxygen atoms in total. The third kappa shape index (κ3) is 5.28. The number of benzene rings is 1. The number of hydrogen-bond donors (Lipinski definition) is 2. The molecule has 1 aliphatic rings. The number of nitrogens with one attached hydrogen (secondary N) is 1. The predicted molar refractivity (Wildman–Crippen MR) is 91.5 cm³/mol. The highest BCUT2D eigenvalue weighted by molar-refractivity contribution is 7.99. The number of nitrogens with zero attached hydrogens (tertiary/aromatic N) is 2. The van der Waals surface area contributed by atoms with Crippen LogP contribution in [0.4, 0.5) is 0 Å². The van der Waals surface area contributed by atoms with Crippen LogP contribution in [0.5, 0.6) is 0 Å². The van der Waals surface area contributed by atoms with Crippen molar-refractivity contribution in [2.75, 3.05) is 12.3 Å². The minimum Gasteiger partial charge on any atom is -0.416 e. The van der Waals surface area contributed by atoms with Crippen LogP contribution in [0.15, 0.2) is 38.8 Å². The van der Waals surface area contributed by atoms with Gasteiger partial charge < -0.3 is 9.73 Å². The monoisotopic (exact) mass is 382 g/mol. The van der Waals surface area contributed by atoms with E-state index in [1.807, 2.05) is 0 Å². The van der Waals surface area contributed by atoms with Gasteiger partial charge in [-0.3, -0.25) is 4.79 Å². The van der Waals surface area contributed by atoms with E-state index in [0.29, 0.717) is 30.0 Å². The van der Waals surface area contributed by atoms with E-state index in [9.17, 15) is 13.2 Å². The molecule has 1 amide bonds. The lowest BCUT2D eigenvalue weighted by atomic mass is 10.1. The lowest BCUT2D eigenvalue weighted by Gasteiger charge is -2.05. The molecular formula is C15H18N4O4S2. The summed E-state index contributed by atoms with van der Waals surface area (Å²) < 4.78 is 27.8. The van der Waals surface area contributed by atoms with Crippen LogP contribution in [0.25, 0.3) is 0 Å². The number of rotatable bonds is 8. The van der Waals surface area contributed by atoms with E-state index in [1.54, 1.807) is 12.1 Å². The largest absolute Gasteiger partial charge is 0.416 e. The van der Waals surface area contributed by atoms with Gasteiger partial charge >= 0.3 is 0 Å². The Labute approximate surface area is 149 Å². The first-order valence-corrected chi connectivity index (χ1v) is 10.3. The van der Waals surface area contributed by atoms with Crippen LogP contribution >= 0.6 is 11.8 Å². The third-order valence-corrected chi connectivity index (χ3v) is 5.41. The van der Waals surface area contributed by atoms with E-state index >= 15 is 0 Å². The first kappa shape index (κ1) is 17.9. The van der Waals surface area contributed by atoms with Gasteiger partial charge in [-0.05, 0) is 37.0 Å². The zero-order valence-corrected chi connectivity index (χ0v) is 15.0. The summed E-state index contributed by atoms with van der Waals surface area (Å²) in [7, 11) is -3.68. The van der Waals surface area contributed by atoms with Crippen molar-refractivity contribution in [3.8, 4) is 0 Å². The number of hydrogen-bond acceptors (Lipinski definition) is 7. The van der Waals surface area contributed by atoms with Gasteiger partial charge in [0.2, 0.25) is 21.8 Å². The number of carbonyl (C=O) groups excluding carboxylic acids is 1. The standard InChI is InChI=1S/C15H18N4O4S2/c16-25(21,22)12-5-1-10(2-6-12)7-8-17-13(20)9-24-15-19-18-14(23-15)11-3-4-11/h1-2,5-6,11H,3-4,7-9H2,(H,17,20)(H2,16,21,22). The quantitative estimate of drug-likeness (QED) is 0.653. The maximum atomic E-state index is 11.8. The highest BCUT2D eigenvalue weighted by Crippen LogP contribution is 2.39. The molecule has 0 atom stereocenters. The number of thioether (sulfide) groups is 1. The maximum absolute atomic E-state index is 11.8. The van der Waals surface area contributed by atoms with Crippen molar-refractivity contribution in [3.63, 3.8) is 0 Å². The fraction of sp³-hybridized carbons (Fsp3) is 0.400. The van der Waals surface area contributed by atoms with Gasteiger partial charge in [0.1, 0.15) is 0 Å². The lowest BCUT2D eigenvalue weighted by Crippen LogP contribution is -2.27. The van der Waals surface area contributed by atoms with E-state index in [4.69, 9.17) is 9.56 Å². The third-order valence-electron chi connectivity index (χ3n) is 3.66. The van der Waals surface area contributed by atoms with Gasteiger partial charge in [0, 0.05) is 12.5 Å². The van der Waals surface area contributed by atoms with Crippen LogP contribution in [0.2, 0.25) is 0 Å². The van der Waals surface area contributed by atoms with Crippen molar-refractivity contribution in [2.45, 2.75) is 35.3 Å². The second-order valence-corrected chi connectivity index (χ2v) is 8.25. The molecule has 1 fully saturated rings. The van der Waals surface area contributed by atoms with Crippen LogP contribution < -0.4 is 10.5 Å². The second kappa shape index (κ2) is 7.54. The zero-order valence-electron chi connectivity index (χ0n) is 13.3. The summed E-state index contributed by atoms with van der Waals surface area (Å²) in [6.07, 6.45) is 2.77. The average Bonchev–Trinajstić information content (AvgIpc) is 3.31. The average molecular weight is 382 g/mol. The Kier molecular flexibility index (Phi) is 5.40. The van der Waals surface area contributed by atoms with Crippen molar-refractivity contribution in [1.29, 1.82) is 0 Å². The Morgan fingerprint density at radius 1 is 1.28 bits per heavy atom. The van der Waals surface area contributed by atoms with Crippen molar-refractivity contribution in [3.05, 3.63) is 35.7 Å². The molecule has 1 saturated carbocycles. The Hall–Kier alpha value is -1.91. The molecule has 0 aliphatic heterocycles. The number of primary sulfonamides is 1. The van der Waals surface area contributed by atoms with Gasteiger partial charge in [-0.1, -0.05) is 23.9 Å². The molecule has 1 aromatic carbocycles. The van der Waals surface area contributed by atoms with Crippen molar-refractivity contribution in [1.82, 2.24) is 15.5 Å². The van der Waals surface area contributed by atoms with E-state index < -0.39 is 10.0 Å². The minimum absolute atomic E-state index is 0.0711. The van der Waals surface area contributed by atoms with Crippen LogP contribution in [0.3, 0.4) is 0 Å². The molecular weight excluding hydrogens is 364 g/mol.